The van der Waals surface area contributed by atoms with Crippen LogP contribution in [0.25, 0.3) is 6.08 Å². The van der Waals surface area contributed by atoms with Crippen LogP contribution in [0, 0.1) is 0 Å². The van der Waals surface area contributed by atoms with Gasteiger partial charge < -0.3 is 10.2 Å². The van der Waals surface area contributed by atoms with Crippen LogP contribution in [0.3, 0.4) is 0 Å². The van der Waals surface area contributed by atoms with E-state index in [4.69, 9.17) is 21.8 Å². The number of aliphatic carboxylic acids is 1. The molecule has 1 aromatic heterocycles. The summed E-state index contributed by atoms with van der Waals surface area (Å²) in [6.07, 6.45) is 3.78. The van der Waals surface area contributed by atoms with E-state index < -0.39 is 11.9 Å². The minimum absolute atomic E-state index is 0.000579. The van der Waals surface area contributed by atoms with E-state index >= 15 is 0 Å². The van der Waals surface area contributed by atoms with Crippen molar-refractivity contribution in [3.05, 3.63) is 34.6 Å². The van der Waals surface area contributed by atoms with E-state index in [0.29, 0.717) is 5.56 Å². The molecule has 0 aliphatic carbocycles. The van der Waals surface area contributed by atoms with E-state index in [0.717, 1.165) is 6.20 Å². The Balaban J connectivity index is 2.94. The second kappa shape index (κ2) is 5.27. The van der Waals surface area contributed by atoms with Gasteiger partial charge in [0.05, 0.1) is 12.0 Å². The number of aromatic carboxylic acids is 1. The number of rotatable bonds is 4. The van der Waals surface area contributed by atoms with Crippen LogP contribution in [0.2, 0.25) is 5.15 Å². The van der Waals surface area contributed by atoms with E-state index in [-0.39, 0.29) is 17.1 Å². The molecule has 0 fully saturated rings. The molecule has 6 heteroatoms. The van der Waals surface area contributed by atoms with Crippen molar-refractivity contribution in [1.82, 2.24) is 4.98 Å². The predicted octanol–water partition coefficient (Wildman–Crippen LogP) is 1.92. The summed E-state index contributed by atoms with van der Waals surface area (Å²) in [5.41, 5.74) is 0.377. The molecule has 0 amide bonds. The third-order valence-corrected chi connectivity index (χ3v) is 2.02. The molecule has 0 bridgehead atoms. The first-order chi connectivity index (χ1) is 7.50. The number of carbonyl (C=O) groups is 2. The van der Waals surface area contributed by atoms with Crippen LogP contribution in [0.4, 0.5) is 0 Å². The second-order valence-electron chi connectivity index (χ2n) is 2.91. The molecular formula is C10H8ClNO4. The molecule has 0 aliphatic rings. The third-order valence-electron chi connectivity index (χ3n) is 1.70. The zero-order chi connectivity index (χ0) is 12.1. The van der Waals surface area contributed by atoms with Crippen molar-refractivity contribution < 1.29 is 19.8 Å². The fourth-order valence-corrected chi connectivity index (χ4v) is 1.15. The summed E-state index contributed by atoms with van der Waals surface area (Å²) in [6.45, 7) is 0. The number of aromatic nitrogens is 1. The fraction of sp³-hybridized carbons (Fsp3) is 0.100. The maximum absolute atomic E-state index is 10.6. The Morgan fingerprint density at radius 2 is 2.12 bits per heavy atom. The van der Waals surface area contributed by atoms with E-state index in [2.05, 4.69) is 4.98 Å². The van der Waals surface area contributed by atoms with E-state index in [1.165, 1.54) is 18.2 Å². The molecule has 0 aliphatic heterocycles. The first-order valence-corrected chi connectivity index (χ1v) is 4.65. The van der Waals surface area contributed by atoms with E-state index in [1.807, 2.05) is 0 Å². The smallest absolute Gasteiger partial charge is 0.337 e. The van der Waals surface area contributed by atoms with Crippen LogP contribution in [0.1, 0.15) is 22.3 Å². The summed E-state index contributed by atoms with van der Waals surface area (Å²) in [5, 5.41) is 17.3. The molecule has 0 unspecified atom stereocenters. The zero-order valence-corrected chi connectivity index (χ0v) is 8.81. The number of halogens is 1. The molecule has 2 N–H and O–H groups in total. The zero-order valence-electron chi connectivity index (χ0n) is 8.05. The quantitative estimate of drug-likeness (QED) is 0.787. The number of hydrogen-bond acceptors (Lipinski definition) is 3. The van der Waals surface area contributed by atoms with Gasteiger partial charge in [-0.05, 0) is 6.07 Å². The van der Waals surface area contributed by atoms with Crippen molar-refractivity contribution in [1.29, 1.82) is 0 Å². The molecule has 5 nitrogen and oxygen atoms in total. The van der Waals surface area contributed by atoms with Gasteiger partial charge in [-0.1, -0.05) is 23.8 Å². The Kier molecular flexibility index (Phi) is 4.02. The van der Waals surface area contributed by atoms with Gasteiger partial charge in [0.25, 0.3) is 0 Å². The number of carboxylic acids is 2. The molecule has 0 saturated heterocycles. The van der Waals surface area contributed by atoms with Crippen molar-refractivity contribution in [3.8, 4) is 0 Å². The highest BCUT2D eigenvalue weighted by Crippen LogP contribution is 2.16. The van der Waals surface area contributed by atoms with Crippen LogP contribution >= 0.6 is 11.6 Å². The molecule has 84 valence electrons. The topological polar surface area (TPSA) is 87.5 Å². The van der Waals surface area contributed by atoms with Gasteiger partial charge in [-0.15, -0.1) is 0 Å². The SMILES string of the molecule is O=C(O)CC=Cc1cc(C(=O)O)cnc1Cl. The van der Waals surface area contributed by atoms with Gasteiger partial charge in [0.1, 0.15) is 5.15 Å². The number of pyridine rings is 1. The van der Waals surface area contributed by atoms with E-state index in [1.54, 1.807) is 0 Å². The van der Waals surface area contributed by atoms with Gasteiger partial charge in [-0.2, -0.15) is 0 Å². The Morgan fingerprint density at radius 1 is 1.44 bits per heavy atom. The summed E-state index contributed by atoms with van der Waals surface area (Å²) in [4.78, 5) is 24.6. The van der Waals surface area contributed by atoms with Crippen molar-refractivity contribution in [3.63, 3.8) is 0 Å². The highest BCUT2D eigenvalue weighted by molar-refractivity contribution is 6.30. The number of hydrogen-bond donors (Lipinski definition) is 2. The lowest BCUT2D eigenvalue weighted by atomic mass is 10.2. The van der Waals surface area contributed by atoms with Crippen LogP contribution in [0.15, 0.2) is 18.3 Å². The maximum atomic E-state index is 10.6. The Morgan fingerprint density at radius 3 is 2.69 bits per heavy atom. The lowest BCUT2D eigenvalue weighted by Gasteiger charge is -1.99. The second-order valence-corrected chi connectivity index (χ2v) is 3.27. The molecule has 0 radical (unpaired) electrons. The lowest BCUT2D eigenvalue weighted by molar-refractivity contribution is -0.135. The van der Waals surface area contributed by atoms with Crippen LogP contribution < -0.4 is 0 Å². The highest BCUT2D eigenvalue weighted by atomic mass is 35.5. The standard InChI is InChI=1S/C10H8ClNO4/c11-9-6(2-1-3-8(13)14)4-7(5-12-9)10(15)16/h1-2,4-5H,3H2,(H,13,14)(H,15,16). The van der Waals surface area contributed by atoms with Crippen LogP contribution in [0.5, 0.6) is 0 Å². The first-order valence-electron chi connectivity index (χ1n) is 4.28. The van der Waals surface area contributed by atoms with Crippen LogP contribution in [-0.4, -0.2) is 27.1 Å². The monoisotopic (exact) mass is 241 g/mol. The van der Waals surface area contributed by atoms with Crippen molar-refractivity contribution in [2.75, 3.05) is 0 Å². The third kappa shape index (κ3) is 3.36. The predicted molar refractivity (Wildman–Crippen MR) is 57.5 cm³/mol. The Hall–Kier alpha value is -1.88. The van der Waals surface area contributed by atoms with Gasteiger partial charge in [-0.25, -0.2) is 9.78 Å². The minimum atomic E-state index is -1.11. The Labute approximate surface area is 96.0 Å². The molecule has 16 heavy (non-hydrogen) atoms. The molecule has 1 rings (SSSR count). The summed E-state index contributed by atoms with van der Waals surface area (Å²) in [7, 11) is 0. The van der Waals surface area contributed by atoms with E-state index in [9.17, 15) is 9.59 Å². The largest absolute Gasteiger partial charge is 0.481 e. The molecule has 0 atom stereocenters. The van der Waals surface area contributed by atoms with Gasteiger partial charge in [-0.3, -0.25) is 4.79 Å². The van der Waals surface area contributed by atoms with Gasteiger partial charge in [0, 0.05) is 11.8 Å². The molecule has 0 spiro atoms. The Bertz CT molecular complexity index is 456. The normalized spacial score (nSPS) is 10.6. The molecule has 0 saturated carbocycles. The number of nitrogens with zero attached hydrogens (tertiary/aromatic N) is 1. The van der Waals surface area contributed by atoms with Crippen molar-refractivity contribution in [2.45, 2.75) is 6.42 Å². The van der Waals surface area contributed by atoms with Crippen LogP contribution in [-0.2, 0) is 4.79 Å². The lowest BCUT2D eigenvalue weighted by Crippen LogP contribution is -1.98. The average Bonchev–Trinajstić information content (AvgIpc) is 2.20. The maximum Gasteiger partial charge on any atom is 0.337 e. The summed E-state index contributed by atoms with van der Waals surface area (Å²) < 4.78 is 0. The molecule has 1 aromatic rings. The highest BCUT2D eigenvalue weighted by Gasteiger charge is 2.06. The average molecular weight is 242 g/mol. The van der Waals surface area contributed by atoms with Gasteiger partial charge >= 0.3 is 11.9 Å². The first kappa shape index (κ1) is 12.2. The number of carboxylic acid groups (broad SMARTS) is 2. The van der Waals surface area contributed by atoms with Gasteiger partial charge in [0.2, 0.25) is 0 Å². The summed E-state index contributed by atoms with van der Waals surface area (Å²) >= 11 is 5.71. The molecule has 1 heterocycles. The molecule has 0 aromatic carbocycles. The van der Waals surface area contributed by atoms with Crippen molar-refractivity contribution in [2.24, 2.45) is 0 Å². The summed E-state index contributed by atoms with van der Waals surface area (Å²) in [6, 6.07) is 1.33. The molecular weight excluding hydrogens is 234 g/mol. The van der Waals surface area contributed by atoms with Crippen molar-refractivity contribution >= 4 is 29.6 Å². The fourth-order valence-electron chi connectivity index (χ4n) is 0.986. The summed E-state index contributed by atoms with van der Waals surface area (Å²) in [5.74, 6) is -2.09. The minimum Gasteiger partial charge on any atom is -0.481 e. The van der Waals surface area contributed by atoms with Gasteiger partial charge in [0.15, 0.2) is 0 Å².